The highest BCUT2D eigenvalue weighted by atomic mass is 32.1. The number of aliphatic carboxylic acids is 1. The van der Waals surface area contributed by atoms with Crippen LogP contribution in [-0.2, 0) is 28.8 Å². The minimum absolute atomic E-state index is 0.0683. The molecular weight excluding hydrogens is 412 g/mol. The van der Waals surface area contributed by atoms with E-state index in [-0.39, 0.29) is 5.75 Å². The minimum Gasteiger partial charge on any atom is -0.480 e. The number of hydrogen-bond acceptors (Lipinski definition) is 9. The van der Waals surface area contributed by atoms with Crippen LogP contribution in [0.1, 0.15) is 12.8 Å². The number of carboxylic acid groups (broad SMARTS) is 1. The zero-order chi connectivity index (χ0) is 22.7. The molecule has 0 bridgehead atoms. The zero-order valence-corrected chi connectivity index (χ0v) is 16.1. The summed E-state index contributed by atoms with van der Waals surface area (Å²) < 4.78 is 0. The molecule has 4 atom stereocenters. The van der Waals surface area contributed by atoms with E-state index < -0.39 is 79.1 Å². The third kappa shape index (κ3) is 9.72. The molecule has 5 amide bonds. The fourth-order valence-corrected chi connectivity index (χ4v) is 2.08. The lowest BCUT2D eigenvalue weighted by Gasteiger charge is -2.23. The molecule has 0 aromatic carbocycles. The number of primary amides is 2. The van der Waals surface area contributed by atoms with Crippen LogP contribution in [0, 0.1) is 0 Å². The summed E-state index contributed by atoms with van der Waals surface area (Å²) in [6, 6.07) is -6.00. The second kappa shape index (κ2) is 12.5. The molecule has 0 radical (unpaired) electrons. The summed E-state index contributed by atoms with van der Waals surface area (Å²) in [6.45, 7) is -0.958. The SMILES string of the molecule is NC(=O)CC(NC(=O)C(N)CS)C(=O)NC(CC(N)=O)C(=O)NC(CO)C(=O)O. The molecule has 0 aromatic rings. The lowest BCUT2D eigenvalue weighted by Crippen LogP contribution is -2.58. The molecule has 0 heterocycles. The molecule has 0 spiro atoms. The lowest BCUT2D eigenvalue weighted by atomic mass is 10.1. The van der Waals surface area contributed by atoms with Crippen molar-refractivity contribution in [1.82, 2.24) is 16.0 Å². The van der Waals surface area contributed by atoms with E-state index in [2.05, 4.69) is 23.3 Å². The molecule has 0 fully saturated rings. The first-order valence-corrected chi connectivity index (χ1v) is 8.73. The van der Waals surface area contributed by atoms with Crippen molar-refractivity contribution >= 4 is 48.1 Å². The van der Waals surface area contributed by atoms with E-state index in [0.29, 0.717) is 0 Å². The van der Waals surface area contributed by atoms with Crippen LogP contribution in [-0.4, -0.2) is 82.2 Å². The number of carboxylic acids is 1. The van der Waals surface area contributed by atoms with Gasteiger partial charge in [-0.15, -0.1) is 0 Å². The van der Waals surface area contributed by atoms with E-state index in [1.165, 1.54) is 0 Å². The number of thiol groups is 1. The standard InChI is InChI=1S/C14H24N6O8S/c15-5(4-29)11(24)18-6(1-9(16)22)12(25)19-7(2-10(17)23)13(26)20-8(3-21)14(27)28/h5-8,21,29H,1-4,15H2,(H2,16,22)(H2,17,23)(H,18,24)(H,19,25)(H,20,26)(H,27,28). The van der Waals surface area contributed by atoms with Crippen molar-refractivity contribution < 1.29 is 39.0 Å². The number of carbonyl (C=O) groups is 6. The second-order valence-corrected chi connectivity index (χ2v) is 6.20. The van der Waals surface area contributed by atoms with E-state index in [9.17, 15) is 28.8 Å². The molecular formula is C14H24N6O8S. The van der Waals surface area contributed by atoms with Crippen molar-refractivity contribution in [2.75, 3.05) is 12.4 Å². The average molecular weight is 436 g/mol. The summed E-state index contributed by atoms with van der Waals surface area (Å²) in [5.74, 6) is -6.68. The molecule has 29 heavy (non-hydrogen) atoms. The molecule has 15 heteroatoms. The Labute approximate surface area is 170 Å². The molecule has 0 aliphatic carbocycles. The summed E-state index contributed by atoms with van der Waals surface area (Å²) in [5.41, 5.74) is 15.5. The molecule has 4 unspecified atom stereocenters. The number of hydrogen-bond donors (Lipinski definition) is 9. The van der Waals surface area contributed by atoms with Crippen LogP contribution in [0.25, 0.3) is 0 Å². The number of amides is 5. The third-order valence-electron chi connectivity index (χ3n) is 3.41. The van der Waals surface area contributed by atoms with Gasteiger partial charge in [0.2, 0.25) is 29.5 Å². The van der Waals surface area contributed by atoms with Gasteiger partial charge in [-0.1, -0.05) is 0 Å². The molecule has 11 N–H and O–H groups in total. The normalized spacial score (nSPS) is 14.6. The van der Waals surface area contributed by atoms with Gasteiger partial charge in [0.1, 0.15) is 18.1 Å². The molecule has 14 nitrogen and oxygen atoms in total. The Balaban J connectivity index is 5.42. The maximum absolute atomic E-state index is 12.4. The van der Waals surface area contributed by atoms with E-state index in [4.69, 9.17) is 27.4 Å². The van der Waals surface area contributed by atoms with Crippen LogP contribution in [0.3, 0.4) is 0 Å². The summed E-state index contributed by atoms with van der Waals surface area (Å²) >= 11 is 3.83. The maximum atomic E-state index is 12.4. The number of rotatable bonds is 13. The van der Waals surface area contributed by atoms with Gasteiger partial charge in [-0.25, -0.2) is 4.79 Å². The van der Waals surface area contributed by atoms with Crippen molar-refractivity contribution in [2.45, 2.75) is 37.0 Å². The molecule has 0 aromatic heterocycles. The topological polar surface area (TPSA) is 257 Å². The number of aliphatic hydroxyl groups excluding tert-OH is 1. The minimum atomic E-state index is -1.70. The van der Waals surface area contributed by atoms with Gasteiger partial charge in [0.25, 0.3) is 0 Å². The van der Waals surface area contributed by atoms with Gasteiger partial charge in [-0.3, -0.25) is 24.0 Å². The highest BCUT2D eigenvalue weighted by molar-refractivity contribution is 7.80. The van der Waals surface area contributed by atoms with E-state index >= 15 is 0 Å². The Morgan fingerprint density at radius 3 is 1.48 bits per heavy atom. The Kier molecular flexibility index (Phi) is 11.3. The van der Waals surface area contributed by atoms with Gasteiger partial charge >= 0.3 is 5.97 Å². The van der Waals surface area contributed by atoms with Crippen LogP contribution >= 0.6 is 12.6 Å². The van der Waals surface area contributed by atoms with Gasteiger partial charge in [0.15, 0.2) is 0 Å². The van der Waals surface area contributed by atoms with Crippen LogP contribution in [0.2, 0.25) is 0 Å². The molecule has 0 aliphatic heterocycles. The quantitative estimate of drug-likeness (QED) is 0.125. The van der Waals surface area contributed by atoms with Crippen molar-refractivity contribution in [2.24, 2.45) is 17.2 Å². The molecule has 164 valence electrons. The zero-order valence-electron chi connectivity index (χ0n) is 15.2. The van der Waals surface area contributed by atoms with Crippen molar-refractivity contribution in [1.29, 1.82) is 0 Å². The predicted octanol–water partition coefficient (Wildman–Crippen LogP) is -5.47. The lowest BCUT2D eigenvalue weighted by molar-refractivity contribution is -0.143. The summed E-state index contributed by atoms with van der Waals surface area (Å²) in [6.07, 6.45) is -1.39. The van der Waals surface area contributed by atoms with Crippen LogP contribution < -0.4 is 33.2 Å². The van der Waals surface area contributed by atoms with Crippen LogP contribution in [0.5, 0.6) is 0 Å². The summed E-state index contributed by atoms with van der Waals surface area (Å²) in [5, 5.41) is 24.0. The number of aliphatic hydroxyl groups is 1. The Hall–Kier alpha value is -2.91. The van der Waals surface area contributed by atoms with Crippen molar-refractivity contribution in [3.8, 4) is 0 Å². The van der Waals surface area contributed by atoms with Gasteiger partial charge in [0, 0.05) is 5.75 Å². The summed E-state index contributed by atoms with van der Waals surface area (Å²) in [4.78, 5) is 69.8. The fourth-order valence-electron chi connectivity index (χ4n) is 1.91. The Morgan fingerprint density at radius 1 is 0.793 bits per heavy atom. The Bertz CT molecular complexity index is 660. The average Bonchev–Trinajstić information content (AvgIpc) is 2.62. The summed E-state index contributed by atoms with van der Waals surface area (Å²) in [7, 11) is 0. The monoisotopic (exact) mass is 436 g/mol. The van der Waals surface area contributed by atoms with Gasteiger partial charge in [-0.2, -0.15) is 12.6 Å². The van der Waals surface area contributed by atoms with Crippen LogP contribution in [0.4, 0.5) is 0 Å². The molecule has 0 rings (SSSR count). The van der Waals surface area contributed by atoms with Crippen molar-refractivity contribution in [3.05, 3.63) is 0 Å². The second-order valence-electron chi connectivity index (χ2n) is 5.83. The molecule has 0 aliphatic rings. The maximum Gasteiger partial charge on any atom is 0.328 e. The van der Waals surface area contributed by atoms with Crippen LogP contribution in [0.15, 0.2) is 0 Å². The number of carbonyl (C=O) groups excluding carboxylic acids is 5. The number of nitrogens with two attached hydrogens (primary N) is 3. The highest BCUT2D eigenvalue weighted by Crippen LogP contribution is 2.00. The highest BCUT2D eigenvalue weighted by Gasteiger charge is 2.31. The third-order valence-corrected chi connectivity index (χ3v) is 3.80. The predicted molar refractivity (Wildman–Crippen MR) is 100.0 cm³/mol. The van der Waals surface area contributed by atoms with E-state index in [1.807, 2.05) is 5.32 Å². The first kappa shape index (κ1) is 26.1. The van der Waals surface area contributed by atoms with E-state index in [0.717, 1.165) is 0 Å². The van der Waals surface area contributed by atoms with Gasteiger partial charge < -0.3 is 43.4 Å². The van der Waals surface area contributed by atoms with Gasteiger partial charge in [-0.05, 0) is 0 Å². The Morgan fingerprint density at radius 2 is 1.17 bits per heavy atom. The van der Waals surface area contributed by atoms with Crippen molar-refractivity contribution in [3.63, 3.8) is 0 Å². The first-order chi connectivity index (χ1) is 13.4. The number of nitrogens with one attached hydrogen (secondary N) is 3. The first-order valence-electron chi connectivity index (χ1n) is 8.10. The molecule has 0 saturated carbocycles. The largest absolute Gasteiger partial charge is 0.480 e. The fraction of sp³-hybridized carbons (Fsp3) is 0.571. The molecule has 0 saturated heterocycles. The van der Waals surface area contributed by atoms with Gasteiger partial charge in [0.05, 0.1) is 25.5 Å². The smallest absolute Gasteiger partial charge is 0.328 e. The van der Waals surface area contributed by atoms with E-state index in [1.54, 1.807) is 0 Å².